The van der Waals surface area contributed by atoms with Crippen LogP contribution in [0.4, 0.5) is 0 Å². The summed E-state index contributed by atoms with van der Waals surface area (Å²) < 4.78 is 5.88. The monoisotopic (exact) mass is 292 g/mol. The van der Waals surface area contributed by atoms with Crippen molar-refractivity contribution in [3.63, 3.8) is 0 Å². The molecule has 0 saturated carbocycles. The van der Waals surface area contributed by atoms with Gasteiger partial charge in [0.2, 0.25) is 5.88 Å². The van der Waals surface area contributed by atoms with E-state index in [1.807, 2.05) is 24.3 Å². The number of benzene rings is 2. The normalized spacial score (nSPS) is 11.6. The van der Waals surface area contributed by atoms with Gasteiger partial charge < -0.3 is 4.74 Å². The molecule has 3 aromatic rings. The van der Waals surface area contributed by atoms with Crippen molar-refractivity contribution >= 4 is 10.9 Å². The second-order valence-electron chi connectivity index (χ2n) is 6.43. The summed E-state index contributed by atoms with van der Waals surface area (Å²) in [6.45, 7) is 7.15. The predicted molar refractivity (Wildman–Crippen MR) is 89.0 cm³/mol. The van der Waals surface area contributed by atoms with Crippen molar-refractivity contribution in [1.29, 1.82) is 0 Å². The first kappa shape index (κ1) is 14.5. The fraction of sp³-hybridized carbons (Fsp3) is 0.263. The zero-order valence-corrected chi connectivity index (χ0v) is 13.2. The van der Waals surface area contributed by atoms with Gasteiger partial charge in [-0.15, -0.1) is 0 Å². The summed E-state index contributed by atoms with van der Waals surface area (Å²) in [7, 11) is 0. The van der Waals surface area contributed by atoms with Crippen LogP contribution in [-0.2, 0) is 12.0 Å². The Kier molecular flexibility index (Phi) is 3.80. The van der Waals surface area contributed by atoms with Gasteiger partial charge in [-0.3, -0.25) is 0 Å². The summed E-state index contributed by atoms with van der Waals surface area (Å²) in [6, 6.07) is 16.4. The summed E-state index contributed by atoms with van der Waals surface area (Å²) in [5.74, 6) is 0.630. The van der Waals surface area contributed by atoms with Crippen LogP contribution >= 0.6 is 0 Å². The van der Waals surface area contributed by atoms with E-state index < -0.39 is 0 Å². The van der Waals surface area contributed by atoms with Crippen molar-refractivity contribution in [3.8, 4) is 5.88 Å². The molecule has 0 fully saturated rings. The molecule has 0 aliphatic carbocycles. The average Bonchev–Trinajstić information content (AvgIpc) is 2.52. The van der Waals surface area contributed by atoms with Gasteiger partial charge in [0, 0.05) is 0 Å². The first-order valence-corrected chi connectivity index (χ1v) is 7.46. The molecule has 0 unspecified atom stereocenters. The van der Waals surface area contributed by atoms with Crippen LogP contribution in [0.5, 0.6) is 5.88 Å². The minimum absolute atomic E-state index is 0.169. The van der Waals surface area contributed by atoms with Gasteiger partial charge in [-0.2, -0.15) is 0 Å². The predicted octanol–water partition coefficient (Wildman–Crippen LogP) is 4.51. The van der Waals surface area contributed by atoms with Gasteiger partial charge in [-0.25, -0.2) is 9.97 Å². The summed E-state index contributed by atoms with van der Waals surface area (Å²) in [5.41, 5.74) is 3.53. The van der Waals surface area contributed by atoms with Crippen molar-refractivity contribution < 1.29 is 4.74 Å². The average molecular weight is 292 g/mol. The van der Waals surface area contributed by atoms with Gasteiger partial charge in [0.05, 0.1) is 10.9 Å². The topological polar surface area (TPSA) is 35.0 Å². The van der Waals surface area contributed by atoms with Crippen molar-refractivity contribution in [2.75, 3.05) is 0 Å². The minimum Gasteiger partial charge on any atom is -0.472 e. The van der Waals surface area contributed by atoms with Gasteiger partial charge in [0.1, 0.15) is 12.9 Å². The highest BCUT2D eigenvalue weighted by Gasteiger charge is 2.13. The van der Waals surface area contributed by atoms with Crippen LogP contribution < -0.4 is 4.74 Å². The standard InChI is InChI=1S/C19H20N2O/c1-19(2,3)15-10-8-14(9-11-15)12-22-18-16-6-4-5-7-17(16)20-13-21-18/h4-11,13H,12H2,1-3H3. The molecule has 0 aliphatic heterocycles. The lowest BCUT2D eigenvalue weighted by atomic mass is 9.87. The number of para-hydroxylation sites is 1. The van der Waals surface area contributed by atoms with E-state index in [2.05, 4.69) is 55.0 Å². The Morgan fingerprint density at radius 2 is 1.64 bits per heavy atom. The third-order valence-electron chi connectivity index (χ3n) is 3.70. The van der Waals surface area contributed by atoms with Crippen LogP contribution in [0, 0.1) is 0 Å². The number of fused-ring (bicyclic) bond motifs is 1. The first-order valence-electron chi connectivity index (χ1n) is 7.46. The maximum absolute atomic E-state index is 5.88. The molecule has 0 saturated heterocycles. The Labute approximate surface area is 131 Å². The maximum atomic E-state index is 5.88. The van der Waals surface area contributed by atoms with Crippen LogP contribution in [0.2, 0.25) is 0 Å². The fourth-order valence-corrected chi connectivity index (χ4v) is 2.35. The Morgan fingerprint density at radius 1 is 0.909 bits per heavy atom. The van der Waals surface area contributed by atoms with E-state index in [4.69, 9.17) is 4.74 Å². The van der Waals surface area contributed by atoms with Crippen LogP contribution in [0.1, 0.15) is 31.9 Å². The molecule has 0 bridgehead atoms. The number of hydrogen-bond acceptors (Lipinski definition) is 3. The molecule has 2 aromatic carbocycles. The molecule has 0 atom stereocenters. The number of ether oxygens (including phenoxy) is 1. The van der Waals surface area contributed by atoms with Gasteiger partial charge in [-0.05, 0) is 28.7 Å². The number of nitrogens with zero attached hydrogens (tertiary/aromatic N) is 2. The lowest BCUT2D eigenvalue weighted by Crippen LogP contribution is -2.10. The molecular formula is C19H20N2O. The molecule has 0 radical (unpaired) electrons. The second-order valence-corrected chi connectivity index (χ2v) is 6.43. The van der Waals surface area contributed by atoms with E-state index in [-0.39, 0.29) is 5.41 Å². The molecule has 112 valence electrons. The number of rotatable bonds is 3. The van der Waals surface area contributed by atoms with Crippen molar-refractivity contribution in [1.82, 2.24) is 9.97 Å². The second kappa shape index (κ2) is 5.76. The SMILES string of the molecule is CC(C)(C)c1ccc(COc2ncnc3ccccc23)cc1. The molecule has 0 aliphatic rings. The van der Waals surface area contributed by atoms with Crippen molar-refractivity contribution in [2.45, 2.75) is 32.8 Å². The lowest BCUT2D eigenvalue weighted by Gasteiger charge is -2.19. The molecular weight excluding hydrogens is 272 g/mol. The highest BCUT2D eigenvalue weighted by molar-refractivity contribution is 5.82. The molecule has 3 rings (SSSR count). The largest absolute Gasteiger partial charge is 0.472 e. The molecule has 22 heavy (non-hydrogen) atoms. The Balaban J connectivity index is 1.77. The van der Waals surface area contributed by atoms with E-state index in [1.165, 1.54) is 5.56 Å². The first-order chi connectivity index (χ1) is 10.5. The fourth-order valence-electron chi connectivity index (χ4n) is 2.35. The van der Waals surface area contributed by atoms with Crippen molar-refractivity contribution in [2.24, 2.45) is 0 Å². The van der Waals surface area contributed by atoms with Crippen molar-refractivity contribution in [3.05, 3.63) is 66.0 Å². The Bertz CT molecular complexity index is 768. The molecule has 1 aromatic heterocycles. The van der Waals surface area contributed by atoms with Gasteiger partial charge >= 0.3 is 0 Å². The lowest BCUT2D eigenvalue weighted by molar-refractivity contribution is 0.297. The zero-order valence-electron chi connectivity index (χ0n) is 13.2. The quantitative estimate of drug-likeness (QED) is 0.712. The molecule has 0 amide bonds. The Hall–Kier alpha value is -2.42. The number of hydrogen-bond donors (Lipinski definition) is 0. The third-order valence-corrected chi connectivity index (χ3v) is 3.70. The van der Waals surface area contributed by atoms with E-state index in [0.29, 0.717) is 12.5 Å². The van der Waals surface area contributed by atoms with Crippen LogP contribution in [0.25, 0.3) is 10.9 Å². The summed E-state index contributed by atoms with van der Waals surface area (Å²) in [5, 5.41) is 0.941. The zero-order chi connectivity index (χ0) is 15.6. The summed E-state index contributed by atoms with van der Waals surface area (Å²) >= 11 is 0. The summed E-state index contributed by atoms with van der Waals surface area (Å²) in [6.07, 6.45) is 1.54. The van der Waals surface area contributed by atoms with Crippen LogP contribution in [0.15, 0.2) is 54.9 Å². The molecule has 3 nitrogen and oxygen atoms in total. The van der Waals surface area contributed by atoms with E-state index in [1.54, 1.807) is 6.33 Å². The molecule has 3 heteroatoms. The smallest absolute Gasteiger partial charge is 0.224 e. The van der Waals surface area contributed by atoms with Gasteiger partial charge in [0.15, 0.2) is 0 Å². The van der Waals surface area contributed by atoms with E-state index in [0.717, 1.165) is 16.5 Å². The van der Waals surface area contributed by atoms with Crippen LogP contribution in [-0.4, -0.2) is 9.97 Å². The van der Waals surface area contributed by atoms with Gasteiger partial charge in [-0.1, -0.05) is 57.2 Å². The maximum Gasteiger partial charge on any atom is 0.224 e. The molecule has 1 heterocycles. The molecule has 0 N–H and O–H groups in total. The van der Waals surface area contributed by atoms with E-state index in [9.17, 15) is 0 Å². The summed E-state index contributed by atoms with van der Waals surface area (Å²) in [4.78, 5) is 8.49. The third kappa shape index (κ3) is 3.08. The van der Waals surface area contributed by atoms with E-state index >= 15 is 0 Å². The highest BCUT2D eigenvalue weighted by atomic mass is 16.5. The number of aromatic nitrogens is 2. The Morgan fingerprint density at radius 3 is 2.36 bits per heavy atom. The van der Waals surface area contributed by atoms with Crippen LogP contribution in [0.3, 0.4) is 0 Å². The molecule has 0 spiro atoms. The van der Waals surface area contributed by atoms with Gasteiger partial charge in [0.25, 0.3) is 0 Å². The highest BCUT2D eigenvalue weighted by Crippen LogP contribution is 2.24. The minimum atomic E-state index is 0.169.